The minimum absolute atomic E-state index is 0.752. The number of nitrogens with one attached hydrogen (secondary N) is 1. The lowest BCUT2D eigenvalue weighted by molar-refractivity contribution is 1.04. The molecule has 1 aromatic heterocycles. The molecule has 0 fully saturated rings. The molecule has 21 heavy (non-hydrogen) atoms. The van der Waals surface area contributed by atoms with Crippen molar-refractivity contribution in [3.05, 3.63) is 64.0 Å². The van der Waals surface area contributed by atoms with Crippen molar-refractivity contribution in [2.24, 2.45) is 4.99 Å². The van der Waals surface area contributed by atoms with E-state index in [-0.39, 0.29) is 0 Å². The van der Waals surface area contributed by atoms with Crippen LogP contribution in [0.3, 0.4) is 0 Å². The molecule has 4 rings (SSSR count). The number of halogens is 1. The zero-order valence-corrected chi connectivity index (χ0v) is 12.8. The lowest BCUT2D eigenvalue weighted by atomic mass is 10.1. The summed E-state index contributed by atoms with van der Waals surface area (Å²) in [5.41, 5.74) is 3.39. The minimum Gasteiger partial charge on any atom is -0.381 e. The topological polar surface area (TPSA) is 24.4 Å². The first-order valence-electron chi connectivity index (χ1n) is 6.89. The van der Waals surface area contributed by atoms with Crippen LogP contribution in [0.4, 0.5) is 5.69 Å². The highest BCUT2D eigenvalue weighted by Gasteiger charge is 2.19. The van der Waals surface area contributed by atoms with E-state index in [4.69, 9.17) is 16.6 Å². The molecule has 1 aliphatic heterocycles. The molecule has 0 saturated heterocycles. The maximum atomic E-state index is 6.00. The van der Waals surface area contributed by atoms with Crippen LogP contribution in [0.5, 0.6) is 0 Å². The molecule has 0 atom stereocenters. The minimum atomic E-state index is 0.752. The second-order valence-corrected chi connectivity index (χ2v) is 6.45. The third-order valence-corrected chi connectivity index (χ3v) is 5.04. The number of hydrogen-bond acceptors (Lipinski definition) is 3. The number of nitrogens with zero attached hydrogens (tertiary/aromatic N) is 1. The SMILES string of the molecule is Clc1ccc(C2=NCCNc3c2sc2ccccc32)cc1. The van der Waals surface area contributed by atoms with Crippen LogP contribution in [-0.2, 0) is 0 Å². The fourth-order valence-electron chi connectivity index (χ4n) is 2.64. The van der Waals surface area contributed by atoms with Gasteiger partial charge in [-0.2, -0.15) is 0 Å². The fourth-order valence-corrected chi connectivity index (χ4v) is 3.97. The van der Waals surface area contributed by atoms with E-state index in [0.717, 1.165) is 29.4 Å². The van der Waals surface area contributed by atoms with Gasteiger partial charge >= 0.3 is 0 Å². The summed E-state index contributed by atoms with van der Waals surface area (Å²) in [4.78, 5) is 6.00. The molecule has 3 aromatic rings. The first-order chi connectivity index (χ1) is 10.3. The maximum Gasteiger partial charge on any atom is 0.0840 e. The maximum absolute atomic E-state index is 6.00. The van der Waals surface area contributed by atoms with Gasteiger partial charge in [-0.05, 0) is 18.2 Å². The van der Waals surface area contributed by atoms with Crippen LogP contribution in [0.25, 0.3) is 10.1 Å². The summed E-state index contributed by atoms with van der Waals surface area (Å²) in [5.74, 6) is 0. The molecule has 104 valence electrons. The Morgan fingerprint density at radius 1 is 1.05 bits per heavy atom. The van der Waals surface area contributed by atoms with Crippen LogP contribution in [0.1, 0.15) is 10.4 Å². The molecule has 0 bridgehead atoms. The monoisotopic (exact) mass is 312 g/mol. The summed E-state index contributed by atoms with van der Waals surface area (Å²) in [7, 11) is 0. The van der Waals surface area contributed by atoms with E-state index in [9.17, 15) is 0 Å². The van der Waals surface area contributed by atoms with Crippen LogP contribution >= 0.6 is 22.9 Å². The number of hydrogen-bond donors (Lipinski definition) is 1. The van der Waals surface area contributed by atoms with Crippen molar-refractivity contribution < 1.29 is 0 Å². The Morgan fingerprint density at radius 2 is 1.86 bits per heavy atom. The first-order valence-corrected chi connectivity index (χ1v) is 8.08. The predicted octanol–water partition coefficient (Wildman–Crippen LogP) is 4.82. The number of thiophene rings is 1. The van der Waals surface area contributed by atoms with Gasteiger partial charge in [-0.25, -0.2) is 0 Å². The highest BCUT2D eigenvalue weighted by atomic mass is 35.5. The number of benzene rings is 2. The fraction of sp³-hybridized carbons (Fsp3) is 0.118. The lowest BCUT2D eigenvalue weighted by Crippen LogP contribution is -2.02. The zero-order chi connectivity index (χ0) is 14.2. The molecule has 2 nitrogen and oxygen atoms in total. The Kier molecular flexibility index (Phi) is 3.17. The molecule has 0 radical (unpaired) electrons. The number of aliphatic imine (C=N–C) groups is 1. The summed E-state index contributed by atoms with van der Waals surface area (Å²) < 4.78 is 1.29. The van der Waals surface area contributed by atoms with E-state index in [1.54, 1.807) is 11.3 Å². The summed E-state index contributed by atoms with van der Waals surface area (Å²) >= 11 is 7.79. The standard InChI is InChI=1S/C17H13ClN2S/c18-12-7-5-11(6-8-12)15-17-16(20-10-9-19-15)13-3-1-2-4-14(13)21-17/h1-8,20H,9-10H2. The molecule has 0 spiro atoms. The van der Waals surface area contributed by atoms with E-state index in [1.807, 2.05) is 24.3 Å². The van der Waals surface area contributed by atoms with Gasteiger partial charge in [-0.3, -0.25) is 4.99 Å². The molecule has 0 unspecified atom stereocenters. The molecule has 1 N–H and O–H groups in total. The first kappa shape index (κ1) is 12.9. The van der Waals surface area contributed by atoms with Crippen LogP contribution in [0.2, 0.25) is 5.02 Å². The van der Waals surface area contributed by atoms with Crippen molar-refractivity contribution in [3.63, 3.8) is 0 Å². The van der Waals surface area contributed by atoms with E-state index in [0.29, 0.717) is 0 Å². The summed E-state index contributed by atoms with van der Waals surface area (Å²) in [5, 5.41) is 5.56. The molecular weight excluding hydrogens is 300 g/mol. The van der Waals surface area contributed by atoms with Crippen molar-refractivity contribution in [2.45, 2.75) is 0 Å². The Hall–Kier alpha value is -1.84. The van der Waals surface area contributed by atoms with Gasteiger partial charge in [0, 0.05) is 27.2 Å². The largest absolute Gasteiger partial charge is 0.381 e. The van der Waals surface area contributed by atoms with E-state index >= 15 is 0 Å². The molecule has 0 amide bonds. The number of rotatable bonds is 1. The van der Waals surface area contributed by atoms with Crippen LogP contribution < -0.4 is 5.32 Å². The average molecular weight is 313 g/mol. The summed E-state index contributed by atoms with van der Waals surface area (Å²) in [6.07, 6.45) is 0. The Labute approximate surface area is 132 Å². The van der Waals surface area contributed by atoms with Gasteiger partial charge in [0.25, 0.3) is 0 Å². The molecule has 2 aromatic carbocycles. The van der Waals surface area contributed by atoms with Gasteiger partial charge in [0.05, 0.1) is 22.8 Å². The van der Waals surface area contributed by atoms with Crippen molar-refractivity contribution in [2.75, 3.05) is 18.4 Å². The number of anilines is 1. The lowest BCUT2D eigenvalue weighted by Gasteiger charge is -2.06. The second kappa shape index (κ2) is 5.17. The second-order valence-electron chi connectivity index (χ2n) is 4.97. The van der Waals surface area contributed by atoms with Crippen molar-refractivity contribution in [1.29, 1.82) is 0 Å². The van der Waals surface area contributed by atoms with Crippen molar-refractivity contribution in [3.8, 4) is 0 Å². The van der Waals surface area contributed by atoms with Gasteiger partial charge in [0.1, 0.15) is 0 Å². The molecule has 0 aliphatic carbocycles. The normalized spacial score (nSPS) is 14.2. The molecule has 1 aliphatic rings. The van der Waals surface area contributed by atoms with Gasteiger partial charge in [-0.1, -0.05) is 41.9 Å². The van der Waals surface area contributed by atoms with Crippen LogP contribution in [0, 0.1) is 0 Å². The molecule has 4 heteroatoms. The highest BCUT2D eigenvalue weighted by molar-refractivity contribution is 7.21. The van der Waals surface area contributed by atoms with E-state index < -0.39 is 0 Å². The molecular formula is C17H13ClN2S. The van der Waals surface area contributed by atoms with Gasteiger partial charge in [0.15, 0.2) is 0 Å². The summed E-state index contributed by atoms with van der Waals surface area (Å²) in [6, 6.07) is 16.4. The van der Waals surface area contributed by atoms with Crippen molar-refractivity contribution in [1.82, 2.24) is 0 Å². The van der Waals surface area contributed by atoms with Crippen molar-refractivity contribution >= 4 is 44.4 Å². The van der Waals surface area contributed by atoms with Crippen LogP contribution in [-0.4, -0.2) is 18.8 Å². The number of fused-ring (bicyclic) bond motifs is 3. The van der Waals surface area contributed by atoms with Gasteiger partial charge in [0.2, 0.25) is 0 Å². The third-order valence-electron chi connectivity index (χ3n) is 3.61. The summed E-state index contributed by atoms with van der Waals surface area (Å²) in [6.45, 7) is 1.65. The predicted molar refractivity (Wildman–Crippen MR) is 92.3 cm³/mol. The highest BCUT2D eigenvalue weighted by Crippen LogP contribution is 2.38. The quantitative estimate of drug-likeness (QED) is 0.684. The Balaban J connectivity index is 1.93. The van der Waals surface area contributed by atoms with E-state index in [1.165, 1.54) is 20.7 Å². The Morgan fingerprint density at radius 3 is 2.71 bits per heavy atom. The Bertz CT molecular complexity index is 834. The third kappa shape index (κ3) is 2.23. The molecule has 0 saturated carbocycles. The van der Waals surface area contributed by atoms with Gasteiger partial charge in [-0.15, -0.1) is 11.3 Å². The zero-order valence-electron chi connectivity index (χ0n) is 11.3. The van der Waals surface area contributed by atoms with Gasteiger partial charge < -0.3 is 5.32 Å². The average Bonchev–Trinajstić information content (AvgIpc) is 2.75. The van der Waals surface area contributed by atoms with E-state index in [2.05, 4.69) is 29.6 Å². The smallest absolute Gasteiger partial charge is 0.0840 e. The van der Waals surface area contributed by atoms with Crippen LogP contribution in [0.15, 0.2) is 53.5 Å². The molecule has 2 heterocycles.